The largest absolute Gasteiger partial charge is 0.349 e. The summed E-state index contributed by atoms with van der Waals surface area (Å²) in [6, 6.07) is 10.9. The smallest absolute Gasteiger partial charge is 0.235 e. The monoisotopic (exact) mass is 337 g/mol. The first kappa shape index (κ1) is 17.0. The Balaban J connectivity index is 1.82. The fourth-order valence-electron chi connectivity index (χ4n) is 1.80. The van der Waals surface area contributed by atoms with Crippen LogP contribution >= 0.6 is 0 Å². The molecule has 0 saturated heterocycles. The highest BCUT2D eigenvalue weighted by Crippen LogP contribution is 2.09. The number of halogens is 1. The lowest BCUT2D eigenvalue weighted by Crippen LogP contribution is -2.37. The van der Waals surface area contributed by atoms with Gasteiger partial charge in [0.2, 0.25) is 15.9 Å². The summed E-state index contributed by atoms with van der Waals surface area (Å²) < 4.78 is 39.3. The van der Waals surface area contributed by atoms with Crippen LogP contribution in [0.25, 0.3) is 0 Å². The van der Waals surface area contributed by atoms with Gasteiger partial charge in [0.1, 0.15) is 5.82 Å². The third-order valence-electron chi connectivity index (χ3n) is 2.95. The molecule has 0 fully saturated rings. The van der Waals surface area contributed by atoms with Gasteiger partial charge in [-0.3, -0.25) is 9.78 Å². The number of carbonyl (C=O) groups is 1. The Morgan fingerprint density at radius 1 is 1.13 bits per heavy atom. The summed E-state index contributed by atoms with van der Waals surface area (Å²) in [5.74, 6) is -1.61. The quantitative estimate of drug-likeness (QED) is 0.788. The zero-order valence-corrected chi connectivity index (χ0v) is 13.0. The van der Waals surface area contributed by atoms with Crippen molar-refractivity contribution in [2.75, 3.05) is 6.54 Å². The maximum Gasteiger partial charge on any atom is 0.235 e. The van der Waals surface area contributed by atoms with Gasteiger partial charge in [0.25, 0.3) is 0 Å². The van der Waals surface area contributed by atoms with Crippen molar-refractivity contribution in [2.45, 2.75) is 12.3 Å². The molecule has 2 aromatic rings. The summed E-state index contributed by atoms with van der Waals surface area (Å²) in [6.45, 7) is -0.210. The maximum atomic E-state index is 13.4. The van der Waals surface area contributed by atoms with Crippen LogP contribution in [0.2, 0.25) is 0 Å². The lowest BCUT2D eigenvalue weighted by molar-refractivity contribution is -0.120. The second-order valence-electron chi connectivity index (χ2n) is 4.77. The number of aromatic nitrogens is 1. The van der Waals surface area contributed by atoms with Crippen LogP contribution in [0.4, 0.5) is 4.39 Å². The molecule has 0 aliphatic rings. The van der Waals surface area contributed by atoms with Crippen molar-refractivity contribution in [1.82, 2.24) is 15.0 Å². The molecule has 1 amide bonds. The Bertz CT molecular complexity index is 767. The predicted octanol–water partition coefficient (Wildman–Crippen LogP) is 0.956. The number of nitrogens with one attached hydrogen (secondary N) is 2. The number of benzene rings is 1. The SMILES string of the molecule is O=C(CNS(=O)(=O)Cc1ccccc1F)NCc1ccccn1. The van der Waals surface area contributed by atoms with E-state index in [1.807, 2.05) is 0 Å². The minimum Gasteiger partial charge on any atom is -0.349 e. The van der Waals surface area contributed by atoms with Gasteiger partial charge < -0.3 is 5.32 Å². The van der Waals surface area contributed by atoms with Gasteiger partial charge >= 0.3 is 0 Å². The number of nitrogens with zero attached hydrogens (tertiary/aromatic N) is 1. The molecule has 1 aromatic carbocycles. The molecule has 23 heavy (non-hydrogen) atoms. The Morgan fingerprint density at radius 3 is 2.57 bits per heavy atom. The lowest BCUT2D eigenvalue weighted by Gasteiger charge is -2.08. The summed E-state index contributed by atoms with van der Waals surface area (Å²) >= 11 is 0. The summed E-state index contributed by atoms with van der Waals surface area (Å²) in [5.41, 5.74) is 0.712. The zero-order chi connectivity index (χ0) is 16.7. The molecule has 1 heterocycles. The third kappa shape index (κ3) is 5.76. The Morgan fingerprint density at radius 2 is 1.87 bits per heavy atom. The standard InChI is InChI=1S/C15H16FN3O3S/c16-14-7-2-1-5-12(14)11-23(21,22)19-10-15(20)18-9-13-6-3-4-8-17-13/h1-8,19H,9-11H2,(H,18,20). The Hall–Kier alpha value is -2.32. The molecule has 0 radical (unpaired) electrons. The molecule has 0 spiro atoms. The van der Waals surface area contributed by atoms with Gasteiger partial charge in [-0.1, -0.05) is 24.3 Å². The van der Waals surface area contributed by atoms with Crippen molar-refractivity contribution in [3.63, 3.8) is 0 Å². The number of hydrogen-bond donors (Lipinski definition) is 2. The van der Waals surface area contributed by atoms with Crippen LogP contribution in [0.15, 0.2) is 48.7 Å². The second-order valence-corrected chi connectivity index (χ2v) is 6.58. The second kappa shape index (κ2) is 7.80. The molecule has 0 bridgehead atoms. The third-order valence-corrected chi connectivity index (χ3v) is 4.22. The van der Waals surface area contributed by atoms with Crippen LogP contribution in [0.3, 0.4) is 0 Å². The van der Waals surface area contributed by atoms with Gasteiger partial charge in [-0.05, 0) is 18.2 Å². The van der Waals surface area contributed by atoms with Crippen molar-refractivity contribution in [1.29, 1.82) is 0 Å². The van der Waals surface area contributed by atoms with E-state index >= 15 is 0 Å². The van der Waals surface area contributed by atoms with Gasteiger partial charge in [0.15, 0.2) is 0 Å². The molecule has 0 atom stereocenters. The summed E-state index contributed by atoms with van der Waals surface area (Å²) in [6.07, 6.45) is 1.60. The molecule has 0 unspecified atom stereocenters. The molecule has 8 heteroatoms. The fraction of sp³-hybridized carbons (Fsp3) is 0.200. The molecule has 1 aromatic heterocycles. The number of sulfonamides is 1. The Kier molecular flexibility index (Phi) is 5.78. The summed E-state index contributed by atoms with van der Waals surface area (Å²) in [5, 5.41) is 2.54. The highest BCUT2D eigenvalue weighted by atomic mass is 32.2. The average molecular weight is 337 g/mol. The molecule has 0 aliphatic carbocycles. The molecule has 2 rings (SSSR count). The molecule has 2 N–H and O–H groups in total. The van der Waals surface area contributed by atoms with Crippen molar-refractivity contribution in [3.8, 4) is 0 Å². The van der Waals surface area contributed by atoms with E-state index in [-0.39, 0.29) is 12.1 Å². The molecule has 0 aliphatic heterocycles. The minimum atomic E-state index is -3.80. The zero-order valence-electron chi connectivity index (χ0n) is 12.2. The maximum absolute atomic E-state index is 13.4. The summed E-state index contributed by atoms with van der Waals surface area (Å²) in [7, 11) is -3.80. The van der Waals surface area contributed by atoms with E-state index in [2.05, 4.69) is 15.0 Å². The van der Waals surface area contributed by atoms with Crippen LogP contribution < -0.4 is 10.0 Å². The van der Waals surface area contributed by atoms with Crippen molar-refractivity contribution in [3.05, 3.63) is 65.7 Å². The van der Waals surface area contributed by atoms with Crippen LogP contribution in [0.1, 0.15) is 11.3 Å². The first-order valence-corrected chi connectivity index (χ1v) is 8.49. The van der Waals surface area contributed by atoms with Gasteiger partial charge in [-0.15, -0.1) is 0 Å². The van der Waals surface area contributed by atoms with Crippen molar-refractivity contribution in [2.24, 2.45) is 0 Å². The van der Waals surface area contributed by atoms with E-state index in [1.54, 1.807) is 30.5 Å². The first-order valence-electron chi connectivity index (χ1n) is 6.83. The summed E-state index contributed by atoms with van der Waals surface area (Å²) in [4.78, 5) is 15.7. The molecule has 6 nitrogen and oxygen atoms in total. The van der Waals surface area contributed by atoms with Crippen LogP contribution in [0.5, 0.6) is 0 Å². The van der Waals surface area contributed by atoms with Gasteiger partial charge in [0, 0.05) is 11.8 Å². The van der Waals surface area contributed by atoms with E-state index in [0.29, 0.717) is 5.69 Å². The van der Waals surface area contributed by atoms with E-state index in [4.69, 9.17) is 0 Å². The number of rotatable bonds is 7. The Labute approximate surface area is 133 Å². The predicted molar refractivity (Wildman–Crippen MR) is 83.1 cm³/mol. The van der Waals surface area contributed by atoms with Gasteiger partial charge in [-0.2, -0.15) is 0 Å². The van der Waals surface area contributed by atoms with Crippen molar-refractivity contribution >= 4 is 15.9 Å². The molecular formula is C15H16FN3O3S. The first-order chi connectivity index (χ1) is 11.0. The normalized spacial score (nSPS) is 11.2. The van der Waals surface area contributed by atoms with E-state index in [9.17, 15) is 17.6 Å². The van der Waals surface area contributed by atoms with E-state index in [0.717, 1.165) is 0 Å². The molecule has 0 saturated carbocycles. The lowest BCUT2D eigenvalue weighted by atomic mass is 10.2. The van der Waals surface area contributed by atoms with Crippen molar-refractivity contribution < 1.29 is 17.6 Å². The van der Waals surface area contributed by atoms with Crippen LogP contribution in [0, 0.1) is 5.82 Å². The molecular weight excluding hydrogens is 321 g/mol. The molecule has 122 valence electrons. The van der Waals surface area contributed by atoms with Crippen LogP contribution in [-0.2, 0) is 27.1 Å². The number of amides is 1. The van der Waals surface area contributed by atoms with E-state index < -0.39 is 34.0 Å². The highest BCUT2D eigenvalue weighted by Gasteiger charge is 2.15. The topological polar surface area (TPSA) is 88.2 Å². The minimum absolute atomic E-state index is 0.0499. The fourth-order valence-corrected chi connectivity index (χ4v) is 2.90. The van der Waals surface area contributed by atoms with Gasteiger partial charge in [-0.25, -0.2) is 17.5 Å². The van der Waals surface area contributed by atoms with Gasteiger partial charge in [0.05, 0.1) is 24.5 Å². The average Bonchev–Trinajstić information content (AvgIpc) is 2.54. The van der Waals surface area contributed by atoms with E-state index in [1.165, 1.54) is 18.2 Å². The number of pyridine rings is 1. The highest BCUT2D eigenvalue weighted by molar-refractivity contribution is 7.88. The number of hydrogen-bond acceptors (Lipinski definition) is 4. The number of carbonyl (C=O) groups excluding carboxylic acids is 1. The van der Waals surface area contributed by atoms with Crippen LogP contribution in [-0.4, -0.2) is 25.9 Å².